The van der Waals surface area contributed by atoms with Crippen LogP contribution in [0, 0.1) is 0 Å². The molecule has 0 saturated heterocycles. The monoisotopic (exact) mass is 369 g/mol. The maximum absolute atomic E-state index is 10.1. The standard InChI is InChI=1S/C16H16BrNO2.ClH/c17-12-6-7-13(19)11-8-14(10-4-2-1-3-5-10)20-15(9-18)16(11)12;/h1-7,14-15,19H,8-9,18H2;1H/t14-,15+;/m1./s1. The van der Waals surface area contributed by atoms with E-state index in [9.17, 15) is 5.11 Å². The molecule has 0 fully saturated rings. The number of fused-ring (bicyclic) bond motifs is 1. The number of nitrogens with two attached hydrogens (primary N) is 1. The van der Waals surface area contributed by atoms with E-state index in [0.29, 0.717) is 18.7 Å². The van der Waals surface area contributed by atoms with Crippen molar-refractivity contribution in [1.82, 2.24) is 0 Å². The molecule has 1 aliphatic heterocycles. The number of benzene rings is 2. The Morgan fingerprint density at radius 3 is 2.57 bits per heavy atom. The van der Waals surface area contributed by atoms with Gasteiger partial charge >= 0.3 is 0 Å². The predicted molar refractivity (Wildman–Crippen MR) is 88.8 cm³/mol. The number of phenols is 1. The van der Waals surface area contributed by atoms with Gasteiger partial charge in [-0.25, -0.2) is 0 Å². The molecule has 5 heteroatoms. The second-order valence-electron chi connectivity index (χ2n) is 4.92. The second-order valence-corrected chi connectivity index (χ2v) is 5.78. The minimum Gasteiger partial charge on any atom is -0.508 e. The largest absolute Gasteiger partial charge is 0.508 e. The van der Waals surface area contributed by atoms with E-state index in [1.807, 2.05) is 36.4 Å². The Morgan fingerprint density at radius 1 is 1.19 bits per heavy atom. The smallest absolute Gasteiger partial charge is 0.119 e. The highest BCUT2D eigenvalue weighted by atomic mass is 79.9. The highest BCUT2D eigenvalue weighted by molar-refractivity contribution is 9.10. The highest BCUT2D eigenvalue weighted by Crippen LogP contribution is 2.43. The van der Waals surface area contributed by atoms with Gasteiger partial charge in [-0.3, -0.25) is 0 Å². The van der Waals surface area contributed by atoms with Crippen molar-refractivity contribution in [3.63, 3.8) is 0 Å². The van der Waals surface area contributed by atoms with Gasteiger partial charge in [0.2, 0.25) is 0 Å². The number of aromatic hydroxyl groups is 1. The summed E-state index contributed by atoms with van der Waals surface area (Å²) in [6, 6.07) is 13.6. The van der Waals surface area contributed by atoms with Gasteiger partial charge in [0.15, 0.2) is 0 Å². The molecule has 3 N–H and O–H groups in total. The fraction of sp³-hybridized carbons (Fsp3) is 0.250. The third-order valence-electron chi connectivity index (χ3n) is 3.70. The molecule has 2 aromatic carbocycles. The Hall–Kier alpha value is -1.07. The molecule has 112 valence electrons. The molecule has 0 spiro atoms. The molecular weight excluding hydrogens is 354 g/mol. The first kappa shape index (κ1) is 16.3. The Balaban J connectivity index is 0.00000161. The molecule has 3 rings (SSSR count). The van der Waals surface area contributed by atoms with Crippen molar-refractivity contribution in [1.29, 1.82) is 0 Å². The van der Waals surface area contributed by atoms with Gasteiger partial charge in [-0.1, -0.05) is 46.3 Å². The average molecular weight is 371 g/mol. The Kier molecular flexibility index (Phi) is 5.27. The topological polar surface area (TPSA) is 55.5 Å². The Labute approximate surface area is 138 Å². The SMILES string of the molecule is Cl.NC[C@@H]1O[C@@H](c2ccccc2)Cc2c(O)ccc(Br)c21. The Bertz CT molecular complexity index is 621. The molecule has 0 radical (unpaired) electrons. The first-order valence-electron chi connectivity index (χ1n) is 6.61. The molecule has 0 aromatic heterocycles. The van der Waals surface area contributed by atoms with E-state index in [2.05, 4.69) is 15.9 Å². The minimum absolute atomic E-state index is 0. The van der Waals surface area contributed by atoms with Gasteiger partial charge in [0, 0.05) is 28.6 Å². The maximum atomic E-state index is 10.1. The molecule has 2 aromatic rings. The van der Waals surface area contributed by atoms with E-state index in [1.165, 1.54) is 0 Å². The van der Waals surface area contributed by atoms with Crippen LogP contribution in [0.5, 0.6) is 5.75 Å². The molecule has 0 amide bonds. The lowest BCUT2D eigenvalue weighted by Crippen LogP contribution is -2.26. The van der Waals surface area contributed by atoms with Crippen molar-refractivity contribution in [3.8, 4) is 5.75 Å². The lowest BCUT2D eigenvalue weighted by molar-refractivity contribution is -0.0234. The number of hydrogen-bond acceptors (Lipinski definition) is 3. The average Bonchev–Trinajstić information content (AvgIpc) is 2.51. The first-order valence-corrected chi connectivity index (χ1v) is 7.40. The molecule has 0 bridgehead atoms. The molecule has 1 heterocycles. The number of ether oxygens (including phenoxy) is 1. The third-order valence-corrected chi connectivity index (χ3v) is 4.40. The van der Waals surface area contributed by atoms with Crippen LogP contribution in [0.25, 0.3) is 0 Å². The van der Waals surface area contributed by atoms with Gasteiger partial charge in [0.05, 0.1) is 12.2 Å². The second kappa shape index (κ2) is 6.79. The van der Waals surface area contributed by atoms with Crippen molar-refractivity contribution >= 4 is 28.3 Å². The predicted octanol–water partition coefficient (Wildman–Crippen LogP) is 3.89. The van der Waals surface area contributed by atoms with Crippen molar-refractivity contribution < 1.29 is 9.84 Å². The van der Waals surface area contributed by atoms with Crippen LogP contribution in [-0.4, -0.2) is 11.7 Å². The summed E-state index contributed by atoms with van der Waals surface area (Å²) in [5.41, 5.74) is 8.86. The normalized spacial score (nSPS) is 20.5. The van der Waals surface area contributed by atoms with Crippen LogP contribution in [0.15, 0.2) is 46.9 Å². The van der Waals surface area contributed by atoms with E-state index in [-0.39, 0.29) is 24.6 Å². The van der Waals surface area contributed by atoms with Gasteiger partial charge < -0.3 is 15.6 Å². The summed E-state index contributed by atoms with van der Waals surface area (Å²) in [7, 11) is 0. The van der Waals surface area contributed by atoms with E-state index in [4.69, 9.17) is 10.5 Å². The fourth-order valence-corrected chi connectivity index (χ4v) is 3.35. The summed E-state index contributed by atoms with van der Waals surface area (Å²) in [6.07, 6.45) is 0.379. The summed E-state index contributed by atoms with van der Waals surface area (Å²) in [5.74, 6) is 0.311. The summed E-state index contributed by atoms with van der Waals surface area (Å²) in [5, 5.41) is 10.1. The van der Waals surface area contributed by atoms with Crippen molar-refractivity contribution in [2.45, 2.75) is 18.6 Å². The van der Waals surface area contributed by atoms with Crippen LogP contribution < -0.4 is 5.73 Å². The van der Waals surface area contributed by atoms with Gasteiger partial charge in [-0.15, -0.1) is 12.4 Å². The molecular formula is C16H17BrClNO2. The van der Waals surface area contributed by atoms with E-state index in [0.717, 1.165) is 21.2 Å². The summed E-state index contributed by atoms with van der Waals surface area (Å²) < 4.78 is 7.06. The lowest BCUT2D eigenvalue weighted by Gasteiger charge is -2.33. The van der Waals surface area contributed by atoms with Crippen LogP contribution in [0.2, 0.25) is 0 Å². The molecule has 21 heavy (non-hydrogen) atoms. The summed E-state index contributed by atoms with van der Waals surface area (Å²) >= 11 is 3.53. The number of phenolic OH excluding ortho intramolecular Hbond substituents is 1. The number of hydrogen-bond donors (Lipinski definition) is 2. The van der Waals surface area contributed by atoms with Gasteiger partial charge in [-0.2, -0.15) is 0 Å². The van der Waals surface area contributed by atoms with Crippen LogP contribution in [0.4, 0.5) is 0 Å². The van der Waals surface area contributed by atoms with Crippen LogP contribution >= 0.6 is 28.3 Å². The van der Waals surface area contributed by atoms with E-state index in [1.54, 1.807) is 6.07 Å². The van der Waals surface area contributed by atoms with Crippen molar-refractivity contribution in [2.24, 2.45) is 5.73 Å². The molecule has 0 aliphatic carbocycles. The van der Waals surface area contributed by atoms with E-state index < -0.39 is 0 Å². The van der Waals surface area contributed by atoms with Gasteiger partial charge in [0.1, 0.15) is 5.75 Å². The molecule has 0 saturated carbocycles. The molecule has 3 nitrogen and oxygen atoms in total. The summed E-state index contributed by atoms with van der Waals surface area (Å²) in [6.45, 7) is 0.387. The summed E-state index contributed by atoms with van der Waals surface area (Å²) in [4.78, 5) is 0. The zero-order valence-electron chi connectivity index (χ0n) is 11.3. The minimum atomic E-state index is -0.203. The third kappa shape index (κ3) is 3.09. The molecule has 1 aliphatic rings. The Morgan fingerprint density at radius 2 is 1.90 bits per heavy atom. The molecule has 2 atom stereocenters. The number of halogens is 2. The quantitative estimate of drug-likeness (QED) is 0.843. The zero-order valence-corrected chi connectivity index (χ0v) is 13.7. The maximum Gasteiger partial charge on any atom is 0.119 e. The first-order chi connectivity index (χ1) is 9.70. The van der Waals surface area contributed by atoms with Gasteiger partial charge in [0.25, 0.3) is 0 Å². The van der Waals surface area contributed by atoms with Gasteiger partial charge in [-0.05, 0) is 17.7 Å². The molecule has 0 unspecified atom stereocenters. The van der Waals surface area contributed by atoms with Crippen LogP contribution in [0.3, 0.4) is 0 Å². The lowest BCUT2D eigenvalue weighted by atomic mass is 9.90. The van der Waals surface area contributed by atoms with E-state index >= 15 is 0 Å². The fourth-order valence-electron chi connectivity index (χ4n) is 2.72. The van der Waals surface area contributed by atoms with Crippen molar-refractivity contribution in [3.05, 3.63) is 63.6 Å². The highest BCUT2D eigenvalue weighted by Gasteiger charge is 2.31. The number of rotatable bonds is 2. The zero-order chi connectivity index (χ0) is 14.1. The van der Waals surface area contributed by atoms with Crippen LogP contribution in [0.1, 0.15) is 28.9 Å². The van der Waals surface area contributed by atoms with Crippen molar-refractivity contribution in [2.75, 3.05) is 6.54 Å². The van der Waals surface area contributed by atoms with Crippen LogP contribution in [-0.2, 0) is 11.2 Å².